The largest absolute Gasteiger partial charge is 0.459 e. The Balaban J connectivity index is 1.46. The third-order valence-corrected chi connectivity index (χ3v) is 6.74. The number of nitrogens with zero attached hydrogens (tertiary/aromatic N) is 1. The lowest BCUT2D eigenvalue weighted by Crippen LogP contribution is -2.32. The summed E-state index contributed by atoms with van der Waals surface area (Å²) in [6, 6.07) is 18.4. The van der Waals surface area contributed by atoms with Crippen molar-refractivity contribution < 1.29 is 23.9 Å². The summed E-state index contributed by atoms with van der Waals surface area (Å²) in [6.07, 6.45) is 1.31. The number of carbonyl (C=O) groups excluding carboxylic acids is 4. The van der Waals surface area contributed by atoms with Gasteiger partial charge in [-0.2, -0.15) is 0 Å². The van der Waals surface area contributed by atoms with Crippen LogP contribution in [0.3, 0.4) is 0 Å². The van der Waals surface area contributed by atoms with E-state index in [1.165, 1.54) is 24.3 Å². The fourth-order valence-electron chi connectivity index (χ4n) is 4.31. The molecule has 0 unspecified atom stereocenters. The minimum absolute atomic E-state index is 0.0865. The highest BCUT2D eigenvalue weighted by Crippen LogP contribution is 2.31. The molecule has 0 aliphatic carbocycles. The molecule has 1 aliphatic heterocycles. The zero-order chi connectivity index (χ0) is 29.0. The van der Waals surface area contributed by atoms with Gasteiger partial charge in [0.25, 0.3) is 17.7 Å². The van der Waals surface area contributed by atoms with E-state index in [1.807, 2.05) is 32.0 Å². The van der Waals surface area contributed by atoms with Gasteiger partial charge in [-0.25, -0.2) is 9.69 Å². The highest BCUT2D eigenvalue weighted by atomic mass is 35.5. The van der Waals surface area contributed by atoms with Crippen LogP contribution in [0.4, 0.5) is 17.1 Å². The number of para-hydroxylation sites is 1. The van der Waals surface area contributed by atoms with Gasteiger partial charge in [-0.3, -0.25) is 14.4 Å². The van der Waals surface area contributed by atoms with Gasteiger partial charge in [0.1, 0.15) is 10.7 Å². The van der Waals surface area contributed by atoms with Crippen molar-refractivity contribution in [2.75, 3.05) is 15.5 Å². The molecule has 0 saturated heterocycles. The number of nitrogens with one attached hydrogen (secondary N) is 2. The molecule has 1 heterocycles. The molecule has 4 rings (SSSR count). The number of esters is 1. The molecule has 0 spiro atoms. The minimum atomic E-state index is -0.691. The Morgan fingerprint density at radius 2 is 1.43 bits per heavy atom. The summed E-state index contributed by atoms with van der Waals surface area (Å²) in [5.41, 5.74) is 4.33. The molecule has 206 valence electrons. The van der Waals surface area contributed by atoms with E-state index in [9.17, 15) is 19.2 Å². The first-order chi connectivity index (χ1) is 19.1. The molecule has 1 aliphatic rings. The van der Waals surface area contributed by atoms with E-state index in [4.69, 9.17) is 16.3 Å². The first-order valence-corrected chi connectivity index (χ1v) is 13.4. The van der Waals surface area contributed by atoms with Crippen LogP contribution in [0.1, 0.15) is 59.5 Å². The fourth-order valence-corrected chi connectivity index (χ4v) is 4.53. The molecule has 3 aromatic rings. The molecule has 2 N–H and O–H groups in total. The van der Waals surface area contributed by atoms with Crippen LogP contribution >= 0.6 is 11.6 Å². The van der Waals surface area contributed by atoms with Gasteiger partial charge in [-0.1, -0.05) is 43.6 Å². The third kappa shape index (κ3) is 5.92. The number of hydrogen-bond donors (Lipinski definition) is 2. The van der Waals surface area contributed by atoms with Gasteiger partial charge in [0.15, 0.2) is 0 Å². The lowest BCUT2D eigenvalue weighted by molar-refractivity contribution is -0.120. The van der Waals surface area contributed by atoms with Crippen LogP contribution in [0.5, 0.6) is 0 Å². The molecule has 0 radical (unpaired) electrons. The number of amides is 3. The van der Waals surface area contributed by atoms with Crippen LogP contribution in [-0.2, 0) is 27.2 Å². The lowest BCUT2D eigenvalue weighted by Gasteiger charge is -2.16. The maximum Gasteiger partial charge on any atom is 0.338 e. The van der Waals surface area contributed by atoms with Gasteiger partial charge < -0.3 is 15.4 Å². The second kappa shape index (κ2) is 12.2. The van der Waals surface area contributed by atoms with E-state index in [2.05, 4.69) is 10.6 Å². The smallest absolute Gasteiger partial charge is 0.338 e. The van der Waals surface area contributed by atoms with Gasteiger partial charge in [0.2, 0.25) is 0 Å². The van der Waals surface area contributed by atoms with E-state index in [0.717, 1.165) is 34.6 Å². The summed E-state index contributed by atoms with van der Waals surface area (Å²) in [5, 5.41) is 5.67. The third-order valence-electron chi connectivity index (χ3n) is 6.39. The van der Waals surface area contributed by atoms with Crippen molar-refractivity contribution >= 4 is 52.4 Å². The van der Waals surface area contributed by atoms with Gasteiger partial charge >= 0.3 is 5.97 Å². The van der Waals surface area contributed by atoms with Crippen molar-refractivity contribution in [1.29, 1.82) is 0 Å². The summed E-state index contributed by atoms with van der Waals surface area (Å²) in [6.45, 7) is 7.57. The molecular weight excluding hydrogens is 530 g/mol. The minimum Gasteiger partial charge on any atom is -0.459 e. The molecule has 40 heavy (non-hydrogen) atoms. The molecule has 9 heteroatoms. The quantitative estimate of drug-likeness (QED) is 0.244. The summed E-state index contributed by atoms with van der Waals surface area (Å²) in [5.74, 6) is -2.09. The Morgan fingerprint density at radius 1 is 0.850 bits per heavy atom. The van der Waals surface area contributed by atoms with Crippen molar-refractivity contribution in [3.8, 4) is 0 Å². The molecule has 0 aromatic heterocycles. The number of carbonyl (C=O) groups is 4. The van der Waals surface area contributed by atoms with Gasteiger partial charge in [0.05, 0.1) is 17.4 Å². The predicted octanol–water partition coefficient (Wildman–Crippen LogP) is 6.06. The maximum atomic E-state index is 13.1. The standard InChI is InChI=1S/C31H30ClN3O5/c1-5-19-8-7-9-20(6-2)26(19)34-28(36)21-10-14-23(15-11-21)33-27-25(32)29(37)35(30(27)38)24-16-12-22(13-17-24)31(39)40-18(3)4/h7-18,33H,5-6H2,1-4H3,(H,34,36). The maximum absolute atomic E-state index is 13.1. The molecule has 0 fully saturated rings. The Bertz CT molecular complexity index is 1470. The van der Waals surface area contributed by atoms with E-state index >= 15 is 0 Å². The van der Waals surface area contributed by atoms with Gasteiger partial charge in [-0.15, -0.1) is 0 Å². The van der Waals surface area contributed by atoms with Crippen molar-refractivity contribution in [3.63, 3.8) is 0 Å². The van der Waals surface area contributed by atoms with E-state index in [0.29, 0.717) is 16.8 Å². The number of ether oxygens (including phenoxy) is 1. The van der Waals surface area contributed by atoms with E-state index in [-0.39, 0.29) is 28.4 Å². The Kier molecular flexibility index (Phi) is 8.70. The van der Waals surface area contributed by atoms with Crippen LogP contribution in [0.15, 0.2) is 77.5 Å². The molecule has 3 amide bonds. The molecule has 0 saturated carbocycles. The number of imide groups is 1. The molecule has 3 aromatic carbocycles. The zero-order valence-electron chi connectivity index (χ0n) is 22.7. The van der Waals surface area contributed by atoms with Crippen LogP contribution in [0, 0.1) is 0 Å². The molecule has 8 nitrogen and oxygen atoms in total. The van der Waals surface area contributed by atoms with Crippen molar-refractivity contribution in [1.82, 2.24) is 0 Å². The highest BCUT2D eigenvalue weighted by molar-refractivity contribution is 6.53. The van der Waals surface area contributed by atoms with Crippen molar-refractivity contribution in [3.05, 3.63) is 99.7 Å². The second-order valence-corrected chi connectivity index (χ2v) is 9.83. The van der Waals surface area contributed by atoms with Crippen molar-refractivity contribution in [2.45, 2.75) is 46.6 Å². The number of anilines is 3. The predicted molar refractivity (Wildman–Crippen MR) is 156 cm³/mol. The van der Waals surface area contributed by atoms with E-state index in [1.54, 1.807) is 38.1 Å². The number of hydrogen-bond acceptors (Lipinski definition) is 6. The number of aryl methyl sites for hydroxylation is 2. The van der Waals surface area contributed by atoms with Crippen LogP contribution < -0.4 is 15.5 Å². The summed E-state index contributed by atoms with van der Waals surface area (Å²) >= 11 is 6.25. The Labute approximate surface area is 238 Å². The number of halogens is 1. The van der Waals surface area contributed by atoms with E-state index < -0.39 is 17.8 Å². The number of rotatable bonds is 9. The first-order valence-electron chi connectivity index (χ1n) is 13.0. The fraction of sp³-hybridized carbons (Fsp3) is 0.226. The summed E-state index contributed by atoms with van der Waals surface area (Å²) in [4.78, 5) is 52.0. The highest BCUT2D eigenvalue weighted by Gasteiger charge is 2.39. The van der Waals surface area contributed by atoms with Crippen LogP contribution in [0.25, 0.3) is 0 Å². The summed E-state index contributed by atoms with van der Waals surface area (Å²) in [7, 11) is 0. The van der Waals surface area contributed by atoms with Crippen LogP contribution in [0.2, 0.25) is 0 Å². The summed E-state index contributed by atoms with van der Waals surface area (Å²) < 4.78 is 5.17. The van der Waals surface area contributed by atoms with Crippen LogP contribution in [-0.4, -0.2) is 29.8 Å². The normalized spacial score (nSPS) is 13.2. The SMILES string of the molecule is CCc1cccc(CC)c1NC(=O)c1ccc(NC2=C(Cl)C(=O)N(c3ccc(C(=O)OC(C)C)cc3)C2=O)cc1. The zero-order valence-corrected chi connectivity index (χ0v) is 23.5. The monoisotopic (exact) mass is 559 g/mol. The second-order valence-electron chi connectivity index (χ2n) is 9.45. The lowest BCUT2D eigenvalue weighted by atomic mass is 10.0. The number of benzene rings is 3. The molecule has 0 atom stereocenters. The average molecular weight is 560 g/mol. The first kappa shape index (κ1) is 28.6. The molecule has 0 bridgehead atoms. The van der Waals surface area contributed by atoms with Gasteiger partial charge in [0, 0.05) is 16.9 Å². The topological polar surface area (TPSA) is 105 Å². The van der Waals surface area contributed by atoms with Crippen molar-refractivity contribution in [2.24, 2.45) is 0 Å². The molecular formula is C31H30ClN3O5. The Morgan fingerprint density at radius 3 is 1.98 bits per heavy atom. The average Bonchev–Trinajstić information content (AvgIpc) is 3.15. The van der Waals surface area contributed by atoms with Gasteiger partial charge in [-0.05, 0) is 86.3 Å². The Hall–Kier alpha value is -4.43.